The second-order valence-corrected chi connectivity index (χ2v) is 25.1. The Hall–Kier alpha value is -7.65. The maximum atomic E-state index is 2.59. The third-order valence-electron chi connectivity index (χ3n) is 17.5. The van der Waals surface area contributed by atoms with Gasteiger partial charge in [-0.15, -0.1) is 0 Å². The Morgan fingerprint density at radius 3 is 1.13 bits per heavy atom. The number of fused-ring (bicyclic) bond motifs is 15. The molecule has 0 saturated heterocycles. The molecule has 10 aromatic rings. The van der Waals surface area contributed by atoms with Crippen LogP contribution in [0, 0.1) is 0 Å². The van der Waals surface area contributed by atoms with E-state index < -0.39 is 10.8 Å². The monoisotopic (exact) mass is 983 g/mol. The summed E-state index contributed by atoms with van der Waals surface area (Å²) >= 11 is 1.93. The van der Waals surface area contributed by atoms with Crippen molar-refractivity contribution in [2.24, 2.45) is 0 Å². The van der Waals surface area contributed by atoms with E-state index in [9.17, 15) is 0 Å². The first-order valence-corrected chi connectivity index (χ1v) is 27.6. The first-order valence-electron chi connectivity index (χ1n) is 26.8. The van der Waals surface area contributed by atoms with Gasteiger partial charge in [0.2, 0.25) is 0 Å². The fourth-order valence-electron chi connectivity index (χ4n) is 13.9. The van der Waals surface area contributed by atoms with Crippen LogP contribution >= 0.6 is 11.8 Å². The number of nitrogens with zero attached hydrogens (tertiary/aromatic N) is 1. The molecule has 0 amide bonds. The first-order chi connectivity index (χ1) is 36.2. The summed E-state index contributed by atoms with van der Waals surface area (Å²) in [5.41, 5.74) is 25.8. The van der Waals surface area contributed by atoms with E-state index in [1.54, 1.807) is 0 Å². The highest BCUT2D eigenvalue weighted by Gasteiger charge is 2.52. The molecule has 1 heterocycles. The smallest absolute Gasteiger partial charge is 0.0736 e. The molecule has 2 heteroatoms. The van der Waals surface area contributed by atoms with Crippen molar-refractivity contribution in [3.8, 4) is 33.4 Å². The summed E-state index contributed by atoms with van der Waals surface area (Å²) in [5, 5.41) is 0. The van der Waals surface area contributed by atoms with Crippen LogP contribution in [0.2, 0.25) is 0 Å². The van der Waals surface area contributed by atoms with Gasteiger partial charge in [-0.25, -0.2) is 0 Å². The molecule has 14 rings (SSSR count). The van der Waals surface area contributed by atoms with E-state index in [1.807, 2.05) is 11.8 Å². The van der Waals surface area contributed by atoms with Crippen LogP contribution in [0.15, 0.2) is 234 Å². The van der Waals surface area contributed by atoms with Gasteiger partial charge in [0.15, 0.2) is 0 Å². The zero-order chi connectivity index (χ0) is 51.2. The summed E-state index contributed by atoms with van der Waals surface area (Å²) in [5.74, 6) is 0. The van der Waals surface area contributed by atoms with Crippen molar-refractivity contribution in [2.75, 3.05) is 4.90 Å². The molecule has 10 aromatic carbocycles. The Morgan fingerprint density at radius 2 is 0.667 bits per heavy atom. The van der Waals surface area contributed by atoms with E-state index in [-0.39, 0.29) is 16.2 Å². The Labute approximate surface area is 448 Å². The van der Waals surface area contributed by atoms with E-state index in [4.69, 9.17) is 0 Å². The molecule has 1 aliphatic heterocycles. The second-order valence-electron chi connectivity index (χ2n) is 24.0. The molecule has 0 atom stereocenters. The van der Waals surface area contributed by atoms with Gasteiger partial charge in [-0.3, -0.25) is 0 Å². The fourth-order valence-corrected chi connectivity index (χ4v) is 15.0. The molecule has 0 aromatic heterocycles. The fraction of sp³-hybridized carbons (Fsp3) is 0.178. The number of anilines is 3. The van der Waals surface area contributed by atoms with Gasteiger partial charge in [0, 0.05) is 32.3 Å². The summed E-state index contributed by atoms with van der Waals surface area (Å²) in [7, 11) is 0. The van der Waals surface area contributed by atoms with E-state index in [0.717, 1.165) is 17.1 Å². The molecule has 0 N–H and O–H groups in total. The van der Waals surface area contributed by atoms with Crippen molar-refractivity contribution in [1.29, 1.82) is 0 Å². The predicted octanol–water partition coefficient (Wildman–Crippen LogP) is 19.2. The first kappa shape index (κ1) is 45.9. The zero-order valence-electron chi connectivity index (χ0n) is 44.2. The predicted molar refractivity (Wildman–Crippen MR) is 315 cm³/mol. The molecule has 0 radical (unpaired) electrons. The van der Waals surface area contributed by atoms with Crippen LogP contribution in [-0.2, 0) is 27.1 Å². The van der Waals surface area contributed by atoms with Crippen molar-refractivity contribution in [3.05, 3.63) is 291 Å². The lowest BCUT2D eigenvalue weighted by Crippen LogP contribution is -2.33. The molecule has 75 heavy (non-hydrogen) atoms. The Bertz CT molecular complexity index is 3870. The quantitative estimate of drug-likeness (QED) is 0.169. The van der Waals surface area contributed by atoms with Gasteiger partial charge in [-0.05, 0) is 160 Å². The van der Waals surface area contributed by atoms with E-state index >= 15 is 0 Å². The lowest BCUT2D eigenvalue weighted by atomic mass is 9.65. The van der Waals surface area contributed by atoms with Crippen molar-refractivity contribution >= 4 is 28.8 Å². The van der Waals surface area contributed by atoms with E-state index in [0.29, 0.717) is 0 Å². The van der Waals surface area contributed by atoms with Crippen molar-refractivity contribution < 1.29 is 0 Å². The molecule has 4 aliphatic rings. The zero-order valence-corrected chi connectivity index (χ0v) is 45.0. The minimum Gasteiger partial charge on any atom is -0.310 e. The molecular formula is C73H61NS. The maximum Gasteiger partial charge on any atom is 0.0736 e. The standard InChI is InChI=1S/C73H61NS/c1-69(2,3)48-31-39-67-65(41-48)73(66-42-49(70(4,5)6)32-40-68(66)75-67)61-30-20-17-27-55(61)58-38-35-52(45-64(58)73)74(50-33-36-56-53-25-15-18-28-59(53)71(7,8)62(56)43-50)51-34-37-57-54-26-16-19-29-60(54)72(63(57)44-51,46-21-11-9-12-22-46)47-23-13-10-14-24-47/h9-45H,1-8H3. The average molecular weight is 984 g/mol. The summed E-state index contributed by atoms with van der Waals surface area (Å²) in [6, 6.07) is 86.6. The lowest BCUT2D eigenvalue weighted by molar-refractivity contribution is 0.581. The maximum absolute atomic E-state index is 2.59. The summed E-state index contributed by atoms with van der Waals surface area (Å²) in [6.07, 6.45) is 0. The molecule has 1 nitrogen and oxygen atoms in total. The molecule has 0 saturated carbocycles. The SMILES string of the molecule is CC(C)(C)c1ccc2c(c1)C1(c3cc(C(C)(C)C)ccc3S2)c2ccccc2-c2ccc(N(c3ccc4c(c3)C(C)(C)c3ccccc3-4)c3ccc4c(c3)C(c3ccccc3)(c3ccccc3)c3ccccc3-4)cc21. The van der Waals surface area contributed by atoms with Crippen molar-refractivity contribution in [1.82, 2.24) is 0 Å². The highest BCUT2D eigenvalue weighted by Crippen LogP contribution is 2.64. The number of benzene rings is 10. The Balaban J connectivity index is 1.07. The third-order valence-corrected chi connectivity index (χ3v) is 18.7. The normalized spacial score (nSPS) is 15.5. The van der Waals surface area contributed by atoms with Crippen LogP contribution in [0.5, 0.6) is 0 Å². The molecule has 0 unspecified atom stereocenters. The Kier molecular flexibility index (Phi) is 9.91. The lowest BCUT2D eigenvalue weighted by Gasteiger charge is -2.41. The highest BCUT2D eigenvalue weighted by molar-refractivity contribution is 7.99. The van der Waals surface area contributed by atoms with Crippen LogP contribution in [0.3, 0.4) is 0 Å². The van der Waals surface area contributed by atoms with Crippen LogP contribution in [0.4, 0.5) is 17.1 Å². The Morgan fingerprint density at radius 1 is 0.307 bits per heavy atom. The average Bonchev–Trinajstić information content (AvgIpc) is 4.01. The van der Waals surface area contributed by atoms with E-state index in [2.05, 4.69) is 285 Å². The van der Waals surface area contributed by atoms with Crippen LogP contribution in [0.1, 0.15) is 122 Å². The second kappa shape index (κ2) is 16.2. The number of hydrogen-bond acceptors (Lipinski definition) is 2. The van der Waals surface area contributed by atoms with Gasteiger partial charge in [-0.2, -0.15) is 0 Å². The molecule has 1 spiro atoms. The minimum atomic E-state index is -0.580. The van der Waals surface area contributed by atoms with Crippen LogP contribution < -0.4 is 4.90 Å². The third kappa shape index (κ3) is 6.45. The largest absolute Gasteiger partial charge is 0.310 e. The van der Waals surface area contributed by atoms with Gasteiger partial charge in [0.1, 0.15) is 0 Å². The van der Waals surface area contributed by atoms with Gasteiger partial charge >= 0.3 is 0 Å². The topological polar surface area (TPSA) is 3.24 Å². The van der Waals surface area contributed by atoms with Gasteiger partial charge in [-0.1, -0.05) is 243 Å². The molecular weight excluding hydrogens is 923 g/mol. The van der Waals surface area contributed by atoms with E-state index in [1.165, 1.54) is 110 Å². The highest BCUT2D eigenvalue weighted by atomic mass is 32.2. The number of hydrogen-bond donors (Lipinski definition) is 0. The van der Waals surface area contributed by atoms with Gasteiger partial charge < -0.3 is 4.90 Å². The summed E-state index contributed by atoms with van der Waals surface area (Å²) in [4.78, 5) is 5.22. The number of rotatable bonds is 5. The van der Waals surface area contributed by atoms with Crippen LogP contribution in [0.25, 0.3) is 33.4 Å². The van der Waals surface area contributed by atoms with Crippen molar-refractivity contribution in [3.63, 3.8) is 0 Å². The van der Waals surface area contributed by atoms with Crippen molar-refractivity contribution in [2.45, 2.75) is 92.3 Å². The van der Waals surface area contributed by atoms with Crippen LogP contribution in [-0.4, -0.2) is 0 Å². The molecule has 0 fully saturated rings. The molecule has 3 aliphatic carbocycles. The van der Waals surface area contributed by atoms with Gasteiger partial charge in [0.25, 0.3) is 0 Å². The summed E-state index contributed by atoms with van der Waals surface area (Å²) in [6.45, 7) is 18.9. The summed E-state index contributed by atoms with van der Waals surface area (Å²) < 4.78 is 0. The molecule has 0 bridgehead atoms. The van der Waals surface area contributed by atoms with Gasteiger partial charge in [0.05, 0.1) is 10.8 Å². The minimum absolute atomic E-state index is 0.0447. The molecule has 364 valence electrons.